The van der Waals surface area contributed by atoms with Crippen molar-refractivity contribution in [2.45, 2.75) is 71.4 Å². The highest BCUT2D eigenvalue weighted by molar-refractivity contribution is 7.85. The first-order valence-electron chi connectivity index (χ1n) is 12.9. The lowest BCUT2D eigenvalue weighted by molar-refractivity contribution is -0.161. The number of carboxylic acid groups (broad SMARTS) is 2. The molecule has 240 valence electrons. The van der Waals surface area contributed by atoms with E-state index in [4.69, 9.17) is 24.6 Å². The molecule has 0 aromatic carbocycles. The molecule has 1 fully saturated rings. The van der Waals surface area contributed by atoms with E-state index in [0.29, 0.717) is 17.1 Å². The minimum Gasteiger partial charge on any atom is -0.481 e. The van der Waals surface area contributed by atoms with E-state index in [1.807, 2.05) is 0 Å². The summed E-state index contributed by atoms with van der Waals surface area (Å²) < 4.78 is 35.9. The maximum absolute atomic E-state index is 12.9. The fourth-order valence-corrected chi connectivity index (χ4v) is 4.98. The normalized spacial score (nSPS) is 15.9. The third-order valence-corrected chi connectivity index (χ3v) is 7.95. The fraction of sp³-hybridized carbons (Fsp3) is 0.625. The smallest absolute Gasteiger partial charge is 0.364 e. The number of nitrogens with zero attached hydrogens (tertiary/aromatic N) is 3. The first-order chi connectivity index (χ1) is 19.8. The highest BCUT2D eigenvalue weighted by Crippen LogP contribution is 2.25. The number of nitrogens with two attached hydrogens (primary N) is 1. The number of amides is 2. The number of aliphatic carboxylic acids is 2. The van der Waals surface area contributed by atoms with Crippen LogP contribution in [-0.2, 0) is 48.0 Å². The number of nitrogens with one attached hydrogen (secondary N) is 1. The van der Waals surface area contributed by atoms with Crippen LogP contribution in [0.3, 0.4) is 0 Å². The number of β-lactam (4-membered cyclic amide) rings is 1. The number of nitrogen functional groups attached to an aromatic ring is 1. The van der Waals surface area contributed by atoms with Crippen LogP contribution in [0, 0.1) is 5.41 Å². The zero-order valence-corrected chi connectivity index (χ0v) is 25.7. The zero-order valence-electron chi connectivity index (χ0n) is 24.0. The van der Waals surface area contributed by atoms with Crippen LogP contribution in [0.15, 0.2) is 10.5 Å². The first kappa shape index (κ1) is 35.4. The molecular formula is C24H35N5O12S2. The van der Waals surface area contributed by atoms with Crippen LogP contribution in [0.5, 0.6) is 0 Å². The summed E-state index contributed by atoms with van der Waals surface area (Å²) in [6, 6.07) is -1.26. The van der Waals surface area contributed by atoms with Crippen LogP contribution < -0.4 is 11.1 Å². The van der Waals surface area contributed by atoms with Crippen molar-refractivity contribution in [3.63, 3.8) is 0 Å². The van der Waals surface area contributed by atoms with Gasteiger partial charge in [-0.05, 0) is 38.5 Å². The predicted octanol–water partition coefficient (Wildman–Crippen LogP) is 0.502. The van der Waals surface area contributed by atoms with Gasteiger partial charge in [-0.3, -0.25) is 23.4 Å². The summed E-state index contributed by atoms with van der Waals surface area (Å²) >= 11 is 0.971. The van der Waals surface area contributed by atoms with Crippen molar-refractivity contribution >= 4 is 62.2 Å². The van der Waals surface area contributed by atoms with Gasteiger partial charge in [-0.1, -0.05) is 19.0 Å². The van der Waals surface area contributed by atoms with Gasteiger partial charge in [0.1, 0.15) is 11.7 Å². The van der Waals surface area contributed by atoms with E-state index in [2.05, 4.69) is 15.5 Å². The Kier molecular flexibility index (Phi) is 12.0. The molecule has 0 unspecified atom stereocenters. The molecule has 0 bridgehead atoms. The molecule has 2 rings (SSSR count). The Morgan fingerprint density at radius 1 is 1.19 bits per heavy atom. The molecule has 1 aromatic rings. The van der Waals surface area contributed by atoms with Gasteiger partial charge in [-0.15, -0.1) is 11.3 Å². The van der Waals surface area contributed by atoms with Gasteiger partial charge in [0.2, 0.25) is 5.60 Å². The molecule has 1 atom stereocenters. The van der Waals surface area contributed by atoms with E-state index in [-0.39, 0.29) is 43.3 Å². The monoisotopic (exact) mass is 649 g/mol. The largest absolute Gasteiger partial charge is 0.481 e. The summed E-state index contributed by atoms with van der Waals surface area (Å²) in [6.45, 7) is 4.93. The number of hydrogen-bond donors (Lipinski definition) is 4. The molecule has 2 heterocycles. The van der Waals surface area contributed by atoms with Gasteiger partial charge in [0.15, 0.2) is 10.8 Å². The molecule has 0 aliphatic carbocycles. The van der Waals surface area contributed by atoms with Crippen LogP contribution in [0.25, 0.3) is 0 Å². The highest BCUT2D eigenvalue weighted by Gasteiger charge is 2.46. The van der Waals surface area contributed by atoms with Crippen molar-refractivity contribution in [1.82, 2.24) is 14.6 Å². The molecule has 0 saturated carbocycles. The van der Waals surface area contributed by atoms with Crippen LogP contribution in [0.1, 0.15) is 65.5 Å². The van der Waals surface area contributed by atoms with E-state index < -0.39 is 69.3 Å². The lowest BCUT2D eigenvalue weighted by atomic mass is 9.91. The van der Waals surface area contributed by atoms with Crippen LogP contribution in [0.4, 0.5) is 5.13 Å². The molecule has 0 radical (unpaired) electrons. The number of carbonyl (C=O) groups excluding carboxylic acids is 3. The molecule has 17 nitrogen and oxygen atoms in total. The Morgan fingerprint density at radius 3 is 2.40 bits per heavy atom. The number of carbonyl (C=O) groups is 5. The second-order valence-corrected chi connectivity index (χ2v) is 13.2. The predicted molar refractivity (Wildman–Crippen MR) is 150 cm³/mol. The van der Waals surface area contributed by atoms with Crippen LogP contribution in [-0.4, -0.2) is 94.8 Å². The van der Waals surface area contributed by atoms with Crippen molar-refractivity contribution in [3.8, 4) is 0 Å². The number of ether oxygens (including phenoxy) is 1. The summed E-state index contributed by atoms with van der Waals surface area (Å²) in [5.74, 6) is -4.78. The summed E-state index contributed by atoms with van der Waals surface area (Å²) in [5.41, 5.74) is 2.50. The molecule has 43 heavy (non-hydrogen) atoms. The Bertz CT molecular complexity index is 1360. The summed E-state index contributed by atoms with van der Waals surface area (Å²) in [5, 5.41) is 25.2. The second-order valence-electron chi connectivity index (χ2n) is 10.8. The van der Waals surface area contributed by atoms with Gasteiger partial charge in [-0.25, -0.2) is 14.1 Å². The number of thiazole rings is 1. The van der Waals surface area contributed by atoms with Crippen LogP contribution in [0.2, 0.25) is 0 Å². The maximum atomic E-state index is 12.9. The lowest BCUT2D eigenvalue weighted by Crippen LogP contribution is -2.66. The van der Waals surface area contributed by atoms with E-state index in [1.54, 1.807) is 13.8 Å². The molecule has 5 N–H and O–H groups in total. The molecule has 19 heteroatoms. The Morgan fingerprint density at radius 2 is 1.84 bits per heavy atom. The van der Waals surface area contributed by atoms with Crippen molar-refractivity contribution in [1.29, 1.82) is 0 Å². The Labute approximate surface area is 251 Å². The molecule has 1 saturated heterocycles. The first-order valence-corrected chi connectivity index (χ1v) is 15.2. The van der Waals surface area contributed by atoms with Crippen molar-refractivity contribution < 1.29 is 56.4 Å². The quantitative estimate of drug-likeness (QED) is 0.0555. The van der Waals surface area contributed by atoms with Gasteiger partial charge in [0.05, 0.1) is 19.8 Å². The minimum absolute atomic E-state index is 0.0210. The average Bonchev–Trinajstić information content (AvgIpc) is 3.32. The fourth-order valence-electron chi connectivity index (χ4n) is 3.16. The topological polar surface area (TPSA) is 254 Å². The number of unbranched alkanes of at least 4 members (excludes halogenated alkanes) is 1. The zero-order chi connectivity index (χ0) is 32.6. The molecule has 1 aliphatic heterocycles. The summed E-state index contributed by atoms with van der Waals surface area (Å²) in [7, 11) is -4.52. The third-order valence-electron chi connectivity index (χ3n) is 5.99. The van der Waals surface area contributed by atoms with E-state index >= 15 is 0 Å². The van der Waals surface area contributed by atoms with Crippen molar-refractivity contribution in [2.24, 2.45) is 10.6 Å². The number of carboxylic acids is 2. The van der Waals surface area contributed by atoms with Gasteiger partial charge >= 0.3 is 28.2 Å². The van der Waals surface area contributed by atoms with Gasteiger partial charge in [0, 0.05) is 18.2 Å². The van der Waals surface area contributed by atoms with Gasteiger partial charge in [-0.2, -0.15) is 8.42 Å². The Hall–Kier alpha value is -3.84. The molecule has 1 aromatic heterocycles. The third kappa shape index (κ3) is 10.7. The molecular weight excluding hydrogens is 614 g/mol. The van der Waals surface area contributed by atoms with Crippen LogP contribution >= 0.6 is 11.3 Å². The lowest BCUT2D eigenvalue weighted by Gasteiger charge is -2.37. The molecule has 2 amide bonds. The number of aromatic nitrogens is 1. The Balaban J connectivity index is 1.89. The van der Waals surface area contributed by atoms with Crippen molar-refractivity contribution in [3.05, 3.63) is 11.1 Å². The average molecular weight is 650 g/mol. The summed E-state index contributed by atoms with van der Waals surface area (Å²) in [6.07, 6.45) is 0.965. The SMILES string of the molecule is CC(C)(CCOC(=O)CCCCC(=O)O)COS(=O)(=O)N1C[C@H](NC(=O)/C(=N/OC(C)(C)C(=O)O)c2csc(N)n2)C1=O. The summed E-state index contributed by atoms with van der Waals surface area (Å²) in [4.78, 5) is 68.0. The maximum Gasteiger partial charge on any atom is 0.364 e. The van der Waals surface area contributed by atoms with Gasteiger partial charge in [0.25, 0.3) is 11.8 Å². The van der Waals surface area contributed by atoms with Gasteiger partial charge < -0.3 is 30.8 Å². The number of esters is 1. The standard InChI is InChI=1S/C24H35N5O12S2/c1-23(2,9-10-39-17(32)8-6-5-7-16(30)31)13-40-43(37,38)29-11-14(20(29)34)26-19(33)18(15-12-42-22(25)27-15)28-41-24(3,4)21(35)36/h12,14H,5-11,13H2,1-4H3,(H2,25,27)(H,26,33)(H,30,31)(H,35,36)/b28-18+/t14-/m0/s1. The van der Waals surface area contributed by atoms with E-state index in [0.717, 1.165) is 11.3 Å². The minimum atomic E-state index is -4.52. The van der Waals surface area contributed by atoms with Crippen molar-refractivity contribution in [2.75, 3.05) is 25.5 Å². The number of oxime groups is 1. The number of anilines is 1. The number of rotatable bonds is 18. The number of hydrogen-bond acceptors (Lipinski definition) is 14. The second kappa shape index (κ2) is 14.6. The molecule has 1 aliphatic rings. The molecule has 0 spiro atoms. The highest BCUT2D eigenvalue weighted by atomic mass is 32.2. The van der Waals surface area contributed by atoms with E-state index in [1.165, 1.54) is 19.2 Å². The van der Waals surface area contributed by atoms with E-state index in [9.17, 15) is 37.5 Å².